The summed E-state index contributed by atoms with van der Waals surface area (Å²) in [5.74, 6) is 0.354. The lowest BCUT2D eigenvalue weighted by molar-refractivity contribution is 0.0698. The van der Waals surface area contributed by atoms with E-state index in [1.165, 1.54) is 29.0 Å². The summed E-state index contributed by atoms with van der Waals surface area (Å²) in [7, 11) is 1.70. The first kappa shape index (κ1) is 16.3. The van der Waals surface area contributed by atoms with Crippen molar-refractivity contribution in [2.75, 3.05) is 19.0 Å². The van der Waals surface area contributed by atoms with Crippen LogP contribution in [0.1, 0.15) is 45.8 Å². The Morgan fingerprint density at radius 2 is 2.25 bits per heavy atom. The number of pyridine rings is 1. The van der Waals surface area contributed by atoms with E-state index < -0.39 is 5.97 Å². The molecule has 5 heteroatoms. The van der Waals surface area contributed by atoms with E-state index in [0.717, 1.165) is 25.0 Å². The molecule has 1 atom stereocenters. The number of rotatable bonds is 5. The third-order valence-electron chi connectivity index (χ3n) is 4.81. The second kappa shape index (κ2) is 6.91. The Kier molecular flexibility index (Phi) is 4.69. The lowest BCUT2D eigenvalue weighted by Gasteiger charge is -2.28. The molecule has 1 heterocycles. The fourth-order valence-corrected chi connectivity index (χ4v) is 3.54. The highest BCUT2D eigenvalue weighted by molar-refractivity contribution is 5.93. The number of aromatic carboxylic acids is 1. The molecule has 0 aliphatic heterocycles. The van der Waals surface area contributed by atoms with Crippen molar-refractivity contribution in [1.29, 1.82) is 0 Å². The van der Waals surface area contributed by atoms with Gasteiger partial charge in [0.2, 0.25) is 0 Å². The van der Waals surface area contributed by atoms with Crippen molar-refractivity contribution in [2.24, 2.45) is 0 Å². The molecule has 0 radical (unpaired) electrons. The van der Waals surface area contributed by atoms with Crippen molar-refractivity contribution in [3.05, 3.63) is 52.8 Å². The molecular weight excluding hydrogens is 304 g/mol. The maximum atomic E-state index is 11.3. The molecule has 2 aromatic rings. The summed E-state index contributed by atoms with van der Waals surface area (Å²) >= 11 is 0. The first-order chi connectivity index (χ1) is 11.6. The predicted octanol–water partition coefficient (Wildman–Crippen LogP) is 3.63. The number of hydrogen-bond donors (Lipinski definition) is 2. The van der Waals surface area contributed by atoms with Gasteiger partial charge in [0, 0.05) is 18.7 Å². The summed E-state index contributed by atoms with van der Waals surface area (Å²) in [5.41, 5.74) is 4.76. The number of hydrogen-bond acceptors (Lipinski definition) is 4. The number of anilines is 1. The molecule has 126 valence electrons. The highest BCUT2D eigenvalue weighted by Gasteiger charge is 2.23. The van der Waals surface area contributed by atoms with Gasteiger partial charge in [0.1, 0.15) is 5.75 Å². The van der Waals surface area contributed by atoms with Gasteiger partial charge in [-0.05, 0) is 55.0 Å². The van der Waals surface area contributed by atoms with Gasteiger partial charge < -0.3 is 15.2 Å². The zero-order valence-corrected chi connectivity index (χ0v) is 14.0. The Balaban J connectivity index is 1.82. The standard InChI is InChI=1S/C19H22N2O3/c1-12-14-5-3-4-13(15(14)6-7-18(12)24-2)10-21-17-11-20-9-8-16(17)19(22)23/h6-9,11,13,21H,3-5,10H2,1-2H3,(H,22,23)/t13-/m0/s1. The molecule has 0 fully saturated rings. The van der Waals surface area contributed by atoms with E-state index in [4.69, 9.17) is 4.74 Å². The fourth-order valence-electron chi connectivity index (χ4n) is 3.54. The van der Waals surface area contributed by atoms with Gasteiger partial charge in [0.15, 0.2) is 0 Å². The zero-order chi connectivity index (χ0) is 17.1. The molecule has 0 amide bonds. The summed E-state index contributed by atoms with van der Waals surface area (Å²) in [6.07, 6.45) is 6.37. The number of methoxy groups -OCH3 is 1. The van der Waals surface area contributed by atoms with E-state index in [9.17, 15) is 9.90 Å². The Bertz CT molecular complexity index is 758. The number of ether oxygens (including phenoxy) is 1. The number of carbonyl (C=O) groups is 1. The third kappa shape index (κ3) is 3.07. The van der Waals surface area contributed by atoms with E-state index in [1.54, 1.807) is 13.3 Å². The van der Waals surface area contributed by atoms with E-state index in [-0.39, 0.29) is 5.56 Å². The quantitative estimate of drug-likeness (QED) is 0.878. The summed E-state index contributed by atoms with van der Waals surface area (Å²) in [6.45, 7) is 2.81. The van der Waals surface area contributed by atoms with Crippen molar-refractivity contribution < 1.29 is 14.6 Å². The van der Waals surface area contributed by atoms with Gasteiger partial charge in [-0.1, -0.05) is 6.07 Å². The van der Waals surface area contributed by atoms with Crippen LogP contribution in [0.4, 0.5) is 5.69 Å². The minimum absolute atomic E-state index is 0.256. The highest BCUT2D eigenvalue weighted by Crippen LogP contribution is 2.37. The molecule has 0 bridgehead atoms. The molecule has 1 aromatic carbocycles. The Morgan fingerprint density at radius 3 is 3.00 bits per heavy atom. The largest absolute Gasteiger partial charge is 0.496 e. The van der Waals surface area contributed by atoms with Crippen LogP contribution in [0.3, 0.4) is 0 Å². The lowest BCUT2D eigenvalue weighted by atomic mass is 9.80. The maximum absolute atomic E-state index is 11.3. The molecule has 2 N–H and O–H groups in total. The van der Waals surface area contributed by atoms with Gasteiger partial charge in [-0.25, -0.2) is 4.79 Å². The van der Waals surface area contributed by atoms with Crippen molar-refractivity contribution in [1.82, 2.24) is 4.98 Å². The number of aromatic nitrogens is 1. The van der Waals surface area contributed by atoms with Crippen molar-refractivity contribution in [2.45, 2.75) is 32.1 Å². The number of nitrogens with one attached hydrogen (secondary N) is 1. The second-order valence-corrected chi connectivity index (χ2v) is 6.16. The molecule has 3 rings (SSSR count). The van der Waals surface area contributed by atoms with E-state index in [1.807, 2.05) is 6.07 Å². The van der Waals surface area contributed by atoms with Crippen LogP contribution in [0.2, 0.25) is 0 Å². The Morgan fingerprint density at radius 1 is 1.42 bits per heavy atom. The molecule has 1 aliphatic carbocycles. The van der Waals surface area contributed by atoms with Crippen LogP contribution in [0, 0.1) is 6.92 Å². The minimum Gasteiger partial charge on any atom is -0.496 e. The molecule has 1 aromatic heterocycles. The minimum atomic E-state index is -0.940. The highest BCUT2D eigenvalue weighted by atomic mass is 16.5. The number of benzene rings is 1. The van der Waals surface area contributed by atoms with E-state index in [2.05, 4.69) is 23.3 Å². The monoisotopic (exact) mass is 326 g/mol. The van der Waals surface area contributed by atoms with Crippen LogP contribution in [-0.2, 0) is 6.42 Å². The van der Waals surface area contributed by atoms with Crippen LogP contribution >= 0.6 is 0 Å². The number of carboxylic acids is 1. The van der Waals surface area contributed by atoms with Crippen LogP contribution < -0.4 is 10.1 Å². The van der Waals surface area contributed by atoms with Gasteiger partial charge in [0.05, 0.1) is 24.6 Å². The van der Waals surface area contributed by atoms with Crippen LogP contribution in [0.5, 0.6) is 5.75 Å². The van der Waals surface area contributed by atoms with E-state index in [0.29, 0.717) is 18.2 Å². The average molecular weight is 326 g/mol. The van der Waals surface area contributed by atoms with Gasteiger partial charge >= 0.3 is 5.97 Å². The van der Waals surface area contributed by atoms with Crippen molar-refractivity contribution in [3.8, 4) is 5.75 Å². The van der Waals surface area contributed by atoms with Gasteiger partial charge in [-0.3, -0.25) is 4.98 Å². The average Bonchev–Trinajstić information content (AvgIpc) is 2.60. The number of carboxylic acid groups (broad SMARTS) is 1. The molecular formula is C19H22N2O3. The van der Waals surface area contributed by atoms with Gasteiger partial charge in [-0.15, -0.1) is 0 Å². The molecule has 0 unspecified atom stereocenters. The zero-order valence-electron chi connectivity index (χ0n) is 14.0. The summed E-state index contributed by atoms with van der Waals surface area (Å²) < 4.78 is 5.43. The summed E-state index contributed by atoms with van der Waals surface area (Å²) in [6, 6.07) is 5.70. The third-order valence-corrected chi connectivity index (χ3v) is 4.81. The van der Waals surface area contributed by atoms with Crippen LogP contribution in [0.25, 0.3) is 0 Å². The lowest BCUT2D eigenvalue weighted by Crippen LogP contribution is -2.20. The maximum Gasteiger partial charge on any atom is 0.337 e. The fraction of sp³-hybridized carbons (Fsp3) is 0.368. The predicted molar refractivity (Wildman–Crippen MR) is 93.1 cm³/mol. The van der Waals surface area contributed by atoms with Gasteiger partial charge in [0.25, 0.3) is 0 Å². The van der Waals surface area contributed by atoms with Crippen molar-refractivity contribution >= 4 is 11.7 Å². The first-order valence-corrected chi connectivity index (χ1v) is 8.19. The summed E-state index contributed by atoms with van der Waals surface area (Å²) in [5, 5.41) is 12.6. The first-order valence-electron chi connectivity index (χ1n) is 8.19. The molecule has 0 saturated heterocycles. The summed E-state index contributed by atoms with van der Waals surface area (Å²) in [4.78, 5) is 15.3. The Hall–Kier alpha value is -2.56. The van der Waals surface area contributed by atoms with Gasteiger partial charge in [-0.2, -0.15) is 0 Å². The number of nitrogens with zero attached hydrogens (tertiary/aromatic N) is 1. The number of fused-ring (bicyclic) bond motifs is 1. The van der Waals surface area contributed by atoms with E-state index >= 15 is 0 Å². The smallest absolute Gasteiger partial charge is 0.337 e. The molecule has 0 saturated carbocycles. The normalized spacial score (nSPS) is 16.3. The molecule has 5 nitrogen and oxygen atoms in total. The van der Waals surface area contributed by atoms with Crippen LogP contribution in [-0.4, -0.2) is 29.7 Å². The van der Waals surface area contributed by atoms with Crippen molar-refractivity contribution in [3.63, 3.8) is 0 Å². The Labute approximate surface area is 141 Å². The molecule has 24 heavy (non-hydrogen) atoms. The molecule has 1 aliphatic rings. The van der Waals surface area contributed by atoms with Crippen LogP contribution in [0.15, 0.2) is 30.6 Å². The second-order valence-electron chi connectivity index (χ2n) is 6.16. The molecule has 0 spiro atoms. The SMILES string of the molecule is COc1ccc2c(c1C)CCC[C@H]2CNc1cnccc1C(=O)O. The topological polar surface area (TPSA) is 71.5 Å².